The Morgan fingerprint density at radius 1 is 1.06 bits per heavy atom. The largest absolute Gasteiger partial charge is 0.495 e. The van der Waals surface area contributed by atoms with Crippen LogP contribution >= 0.6 is 0 Å². The van der Waals surface area contributed by atoms with Crippen molar-refractivity contribution < 1.29 is 4.74 Å². The van der Waals surface area contributed by atoms with E-state index in [2.05, 4.69) is 62.3 Å². The number of nitrogens with zero attached hydrogens (tertiary/aromatic N) is 6. The third-order valence-corrected chi connectivity index (χ3v) is 6.91. The lowest BCUT2D eigenvalue weighted by Crippen LogP contribution is -2.46. The summed E-state index contributed by atoms with van der Waals surface area (Å²) in [5, 5.41) is 3.49. The Kier molecular flexibility index (Phi) is 5.58. The summed E-state index contributed by atoms with van der Waals surface area (Å²) in [7, 11) is 1.73. The molecule has 0 atom stereocenters. The van der Waals surface area contributed by atoms with E-state index in [0.29, 0.717) is 5.82 Å². The van der Waals surface area contributed by atoms with E-state index in [0.717, 1.165) is 73.3 Å². The van der Waals surface area contributed by atoms with Gasteiger partial charge in [-0.25, -0.2) is 9.97 Å². The Hall–Kier alpha value is -3.91. The van der Waals surface area contributed by atoms with Crippen LogP contribution in [0, 0.1) is 0 Å². The first kappa shape index (κ1) is 21.6. The lowest BCUT2D eigenvalue weighted by atomic mass is 10.0. The topological polar surface area (TPSA) is 70.3 Å². The van der Waals surface area contributed by atoms with Gasteiger partial charge >= 0.3 is 0 Å². The number of aliphatic imine (C=N–C) groups is 1. The van der Waals surface area contributed by atoms with Gasteiger partial charge < -0.3 is 24.3 Å². The molecule has 2 aliphatic rings. The van der Waals surface area contributed by atoms with Crippen LogP contribution in [0.4, 0.5) is 17.2 Å². The van der Waals surface area contributed by atoms with Crippen molar-refractivity contribution in [2.45, 2.75) is 13.5 Å². The first-order valence-corrected chi connectivity index (χ1v) is 12.1. The molecule has 8 nitrogen and oxygen atoms in total. The molecule has 0 unspecified atom stereocenters. The molecule has 0 aliphatic carbocycles. The SMILES string of the molecule is CCN1CCN(c2ccc(Nc3nc(-c4ccc5c(c4)CN=C5)cn4ccnc34)cc2OC)CC1. The first-order valence-electron chi connectivity index (χ1n) is 12.1. The molecule has 35 heavy (non-hydrogen) atoms. The quantitative estimate of drug-likeness (QED) is 0.458. The number of rotatable bonds is 6. The van der Waals surface area contributed by atoms with E-state index in [4.69, 9.17) is 9.72 Å². The maximum atomic E-state index is 5.79. The van der Waals surface area contributed by atoms with Gasteiger partial charge in [-0.2, -0.15) is 0 Å². The molecule has 178 valence electrons. The second kappa shape index (κ2) is 9.03. The molecule has 4 heterocycles. The molecule has 0 spiro atoms. The fourth-order valence-corrected chi connectivity index (χ4v) is 4.88. The van der Waals surface area contributed by atoms with Crippen molar-refractivity contribution >= 4 is 29.1 Å². The van der Waals surface area contributed by atoms with Crippen LogP contribution < -0.4 is 15.0 Å². The molecule has 0 amide bonds. The lowest BCUT2D eigenvalue weighted by molar-refractivity contribution is 0.270. The molecule has 4 aromatic rings. The molecular weight excluding hydrogens is 438 g/mol. The zero-order valence-electron chi connectivity index (χ0n) is 20.1. The van der Waals surface area contributed by atoms with Gasteiger partial charge in [-0.1, -0.05) is 19.1 Å². The van der Waals surface area contributed by atoms with Gasteiger partial charge in [-0.15, -0.1) is 0 Å². The van der Waals surface area contributed by atoms with Gasteiger partial charge in [0.2, 0.25) is 0 Å². The smallest absolute Gasteiger partial charge is 0.180 e. The second-order valence-corrected chi connectivity index (χ2v) is 8.95. The number of anilines is 3. The van der Waals surface area contributed by atoms with Crippen molar-refractivity contribution in [3.63, 3.8) is 0 Å². The fraction of sp³-hybridized carbons (Fsp3) is 0.296. The van der Waals surface area contributed by atoms with Crippen LogP contribution in [0.25, 0.3) is 16.9 Å². The van der Waals surface area contributed by atoms with Crippen molar-refractivity contribution in [3.8, 4) is 17.0 Å². The second-order valence-electron chi connectivity index (χ2n) is 8.95. The summed E-state index contributed by atoms with van der Waals surface area (Å²) in [4.78, 5) is 18.7. The number of aromatic nitrogens is 3. The van der Waals surface area contributed by atoms with Gasteiger partial charge in [-0.05, 0) is 35.9 Å². The summed E-state index contributed by atoms with van der Waals surface area (Å²) in [6.45, 7) is 8.19. The Labute approximate surface area is 204 Å². The molecule has 8 heteroatoms. The minimum absolute atomic E-state index is 0.704. The highest BCUT2D eigenvalue weighted by Gasteiger charge is 2.19. The molecule has 2 aromatic heterocycles. The minimum Gasteiger partial charge on any atom is -0.495 e. The van der Waals surface area contributed by atoms with Crippen LogP contribution in [-0.4, -0.2) is 65.3 Å². The predicted octanol–water partition coefficient (Wildman–Crippen LogP) is 4.22. The minimum atomic E-state index is 0.704. The fourth-order valence-electron chi connectivity index (χ4n) is 4.88. The Bertz CT molecular complexity index is 1400. The van der Waals surface area contributed by atoms with Crippen LogP contribution in [0.5, 0.6) is 5.75 Å². The number of piperazine rings is 1. The lowest BCUT2D eigenvalue weighted by Gasteiger charge is -2.36. The van der Waals surface area contributed by atoms with Crippen LogP contribution in [0.3, 0.4) is 0 Å². The molecular formula is C27H29N7O. The number of ether oxygens (including phenoxy) is 1. The number of likely N-dealkylation sites (N-methyl/N-ethyl adjacent to an activating group) is 1. The van der Waals surface area contributed by atoms with E-state index in [1.165, 1.54) is 11.1 Å². The summed E-state index contributed by atoms with van der Waals surface area (Å²) in [6, 6.07) is 12.6. The monoisotopic (exact) mass is 467 g/mol. The van der Waals surface area contributed by atoms with Crippen molar-refractivity contribution in [1.82, 2.24) is 19.3 Å². The molecule has 0 bridgehead atoms. The maximum Gasteiger partial charge on any atom is 0.180 e. The number of benzene rings is 2. The van der Waals surface area contributed by atoms with Gasteiger partial charge in [0.25, 0.3) is 0 Å². The molecule has 1 saturated heterocycles. The highest BCUT2D eigenvalue weighted by Crippen LogP contribution is 2.34. The first-order chi connectivity index (χ1) is 17.2. The molecule has 6 rings (SSSR count). The molecule has 2 aromatic carbocycles. The van der Waals surface area contributed by atoms with Gasteiger partial charge in [0, 0.05) is 68.3 Å². The standard InChI is InChI=1S/C27H29N7O/c1-3-32-10-12-33(13-11-32)24-7-6-22(15-25(24)35-2)30-26-27-29-8-9-34(27)18-23(31-26)19-4-5-20-16-28-17-21(20)14-19/h4-9,14-16,18H,3,10-13,17H2,1-2H3,(H,30,31). The predicted molar refractivity (Wildman–Crippen MR) is 140 cm³/mol. The zero-order valence-corrected chi connectivity index (χ0v) is 20.1. The number of hydrogen-bond donors (Lipinski definition) is 1. The number of fused-ring (bicyclic) bond motifs is 2. The van der Waals surface area contributed by atoms with E-state index in [-0.39, 0.29) is 0 Å². The average molecular weight is 468 g/mol. The molecule has 0 saturated carbocycles. The van der Waals surface area contributed by atoms with Crippen LogP contribution in [0.1, 0.15) is 18.1 Å². The third kappa shape index (κ3) is 4.10. The van der Waals surface area contributed by atoms with E-state index in [1.807, 2.05) is 29.1 Å². The molecule has 2 aliphatic heterocycles. The summed E-state index contributed by atoms with van der Waals surface area (Å²) in [5.74, 6) is 1.56. The number of methoxy groups -OCH3 is 1. The Morgan fingerprint density at radius 3 is 2.77 bits per heavy atom. The average Bonchev–Trinajstić information content (AvgIpc) is 3.58. The molecule has 0 radical (unpaired) electrons. The summed E-state index contributed by atoms with van der Waals surface area (Å²) in [6.07, 6.45) is 7.69. The third-order valence-electron chi connectivity index (χ3n) is 6.91. The summed E-state index contributed by atoms with van der Waals surface area (Å²) in [5.41, 5.74) is 7.16. The van der Waals surface area contributed by atoms with Crippen molar-refractivity contribution in [3.05, 3.63) is 66.1 Å². The number of imidazole rings is 1. The Balaban J connectivity index is 1.31. The highest BCUT2D eigenvalue weighted by atomic mass is 16.5. The zero-order chi connectivity index (χ0) is 23.8. The summed E-state index contributed by atoms with van der Waals surface area (Å²) >= 11 is 0. The van der Waals surface area contributed by atoms with Gasteiger partial charge in [-0.3, -0.25) is 4.99 Å². The van der Waals surface area contributed by atoms with Gasteiger partial charge in [0.1, 0.15) is 5.75 Å². The number of hydrogen-bond acceptors (Lipinski definition) is 7. The van der Waals surface area contributed by atoms with Crippen LogP contribution in [0.15, 0.2) is 60.0 Å². The van der Waals surface area contributed by atoms with E-state index in [9.17, 15) is 0 Å². The van der Waals surface area contributed by atoms with Crippen molar-refractivity contribution in [1.29, 1.82) is 0 Å². The normalized spacial score (nSPS) is 15.5. The van der Waals surface area contributed by atoms with Gasteiger partial charge in [0.15, 0.2) is 11.5 Å². The van der Waals surface area contributed by atoms with Crippen molar-refractivity contribution in [2.75, 3.05) is 50.1 Å². The van der Waals surface area contributed by atoms with Crippen LogP contribution in [0.2, 0.25) is 0 Å². The molecule has 1 fully saturated rings. The van der Waals surface area contributed by atoms with E-state index in [1.54, 1.807) is 13.3 Å². The maximum absolute atomic E-state index is 5.79. The van der Waals surface area contributed by atoms with Crippen LogP contribution in [-0.2, 0) is 6.54 Å². The van der Waals surface area contributed by atoms with Crippen molar-refractivity contribution in [2.24, 2.45) is 4.99 Å². The Morgan fingerprint density at radius 2 is 1.94 bits per heavy atom. The van der Waals surface area contributed by atoms with E-state index < -0.39 is 0 Å². The number of nitrogens with one attached hydrogen (secondary N) is 1. The van der Waals surface area contributed by atoms with Gasteiger partial charge in [0.05, 0.1) is 25.0 Å². The highest BCUT2D eigenvalue weighted by molar-refractivity contribution is 5.86. The summed E-state index contributed by atoms with van der Waals surface area (Å²) < 4.78 is 7.80. The molecule has 1 N–H and O–H groups in total. The van der Waals surface area contributed by atoms with E-state index >= 15 is 0 Å².